The van der Waals surface area contributed by atoms with Gasteiger partial charge in [-0.1, -0.05) is 23.2 Å². The van der Waals surface area contributed by atoms with Crippen LogP contribution in [0.5, 0.6) is 0 Å². The van der Waals surface area contributed by atoms with Crippen molar-refractivity contribution < 1.29 is 0 Å². The average Bonchev–Trinajstić information content (AvgIpc) is 2.50. The molecular weight excluding hydrogens is 229 g/mol. The molecule has 1 nitrogen and oxygen atoms in total. The topological polar surface area (TPSA) is 12.4 Å². The van der Waals surface area contributed by atoms with Crippen LogP contribution in [0.3, 0.4) is 0 Å². The maximum Gasteiger partial charge on any atom is 0.0741 e. The number of nitrogens with zero attached hydrogens (tertiary/aromatic N) is 1. The van der Waals surface area contributed by atoms with Gasteiger partial charge in [-0.05, 0) is 43.7 Å². The van der Waals surface area contributed by atoms with Crippen LogP contribution < -0.4 is 0 Å². The lowest BCUT2D eigenvalue weighted by Gasteiger charge is -2.08. The summed E-state index contributed by atoms with van der Waals surface area (Å²) in [5.74, 6) is 0. The highest BCUT2D eigenvalue weighted by Gasteiger charge is 2.20. The number of hydrogen-bond donors (Lipinski definition) is 0. The number of halogens is 2. The van der Waals surface area contributed by atoms with E-state index in [0.717, 1.165) is 11.1 Å². The SMILES string of the molecule is CC1(C)C=C(c2cc(Cl)ccc2Cl)C=N1. The third-order valence-corrected chi connectivity index (χ3v) is 2.85. The van der Waals surface area contributed by atoms with Crippen molar-refractivity contribution in [3.63, 3.8) is 0 Å². The molecule has 1 heterocycles. The van der Waals surface area contributed by atoms with E-state index in [9.17, 15) is 0 Å². The summed E-state index contributed by atoms with van der Waals surface area (Å²) in [7, 11) is 0. The number of aliphatic imine (C=N–C) groups is 1. The van der Waals surface area contributed by atoms with Gasteiger partial charge in [0.2, 0.25) is 0 Å². The zero-order valence-electron chi connectivity index (χ0n) is 8.59. The van der Waals surface area contributed by atoms with E-state index in [0.29, 0.717) is 10.0 Å². The van der Waals surface area contributed by atoms with Gasteiger partial charge >= 0.3 is 0 Å². The molecule has 1 aliphatic rings. The van der Waals surface area contributed by atoms with E-state index >= 15 is 0 Å². The Morgan fingerprint density at radius 3 is 2.53 bits per heavy atom. The third kappa shape index (κ3) is 2.24. The molecule has 3 heteroatoms. The molecule has 0 atom stereocenters. The largest absolute Gasteiger partial charge is 0.282 e. The van der Waals surface area contributed by atoms with Gasteiger partial charge in [0.25, 0.3) is 0 Å². The first kappa shape index (κ1) is 10.7. The third-order valence-electron chi connectivity index (χ3n) is 2.28. The second-order valence-corrected chi connectivity index (χ2v) is 4.98. The first-order chi connectivity index (χ1) is 6.98. The molecule has 0 saturated heterocycles. The van der Waals surface area contributed by atoms with E-state index in [2.05, 4.69) is 24.9 Å². The molecule has 0 amide bonds. The zero-order valence-corrected chi connectivity index (χ0v) is 10.1. The summed E-state index contributed by atoms with van der Waals surface area (Å²) in [4.78, 5) is 4.38. The van der Waals surface area contributed by atoms with Crippen LogP contribution in [0.25, 0.3) is 5.57 Å². The predicted molar refractivity (Wildman–Crippen MR) is 67.0 cm³/mol. The second-order valence-electron chi connectivity index (χ2n) is 4.14. The van der Waals surface area contributed by atoms with Crippen LogP contribution in [0.15, 0.2) is 29.3 Å². The van der Waals surface area contributed by atoms with Crippen molar-refractivity contribution in [3.05, 3.63) is 39.9 Å². The Bertz CT molecular complexity index is 459. The van der Waals surface area contributed by atoms with Crippen molar-refractivity contribution in [1.29, 1.82) is 0 Å². The van der Waals surface area contributed by atoms with Crippen molar-refractivity contribution >= 4 is 35.0 Å². The lowest BCUT2D eigenvalue weighted by atomic mass is 10.0. The van der Waals surface area contributed by atoms with Crippen molar-refractivity contribution in [2.45, 2.75) is 19.4 Å². The zero-order chi connectivity index (χ0) is 11.1. The minimum absolute atomic E-state index is 0.138. The normalized spacial score (nSPS) is 18.0. The van der Waals surface area contributed by atoms with Crippen LogP contribution >= 0.6 is 23.2 Å². The van der Waals surface area contributed by atoms with E-state index in [1.807, 2.05) is 12.3 Å². The molecular formula is C12H11Cl2N. The van der Waals surface area contributed by atoms with Gasteiger partial charge in [-0.3, -0.25) is 4.99 Å². The first-order valence-corrected chi connectivity index (χ1v) is 5.47. The van der Waals surface area contributed by atoms with Crippen LogP contribution in [-0.2, 0) is 0 Å². The minimum Gasteiger partial charge on any atom is -0.282 e. The minimum atomic E-state index is -0.138. The second kappa shape index (κ2) is 3.66. The Hall–Kier alpha value is -0.790. The maximum absolute atomic E-state index is 6.11. The maximum atomic E-state index is 6.11. The van der Waals surface area contributed by atoms with Gasteiger partial charge in [-0.15, -0.1) is 0 Å². The van der Waals surface area contributed by atoms with E-state index in [1.165, 1.54) is 0 Å². The van der Waals surface area contributed by atoms with Crippen LogP contribution in [0.1, 0.15) is 19.4 Å². The quantitative estimate of drug-likeness (QED) is 0.696. The molecule has 0 unspecified atom stereocenters. The summed E-state index contributed by atoms with van der Waals surface area (Å²) < 4.78 is 0. The standard InChI is InChI=1S/C12H11Cl2N/c1-12(2)6-8(7-15-12)10-5-9(13)3-4-11(10)14/h3-7H,1-2H3. The predicted octanol–water partition coefficient (Wildman–Crippen LogP) is 4.24. The molecule has 15 heavy (non-hydrogen) atoms. The highest BCUT2D eigenvalue weighted by molar-refractivity contribution is 6.36. The summed E-state index contributed by atoms with van der Waals surface area (Å²) in [6.07, 6.45) is 3.93. The van der Waals surface area contributed by atoms with Crippen LogP contribution in [0.4, 0.5) is 0 Å². The molecule has 1 aromatic carbocycles. The summed E-state index contributed by atoms with van der Waals surface area (Å²) in [5.41, 5.74) is 1.84. The Balaban J connectivity index is 2.48. The molecule has 2 rings (SSSR count). The summed E-state index contributed by atoms with van der Waals surface area (Å²) in [5, 5.41) is 1.39. The molecule has 0 N–H and O–H groups in total. The molecule has 0 aliphatic carbocycles. The lowest BCUT2D eigenvalue weighted by Crippen LogP contribution is -2.08. The molecule has 0 aromatic heterocycles. The highest BCUT2D eigenvalue weighted by Crippen LogP contribution is 2.31. The van der Waals surface area contributed by atoms with Crippen molar-refractivity contribution in [2.24, 2.45) is 4.99 Å². The molecule has 0 radical (unpaired) electrons. The Labute approximate surface area is 99.4 Å². The van der Waals surface area contributed by atoms with Gasteiger partial charge in [-0.2, -0.15) is 0 Å². The first-order valence-electron chi connectivity index (χ1n) is 4.71. The highest BCUT2D eigenvalue weighted by atomic mass is 35.5. The van der Waals surface area contributed by atoms with Gasteiger partial charge in [0, 0.05) is 21.8 Å². The van der Waals surface area contributed by atoms with Crippen molar-refractivity contribution in [3.8, 4) is 0 Å². The average molecular weight is 240 g/mol. The van der Waals surface area contributed by atoms with E-state index in [4.69, 9.17) is 23.2 Å². The number of rotatable bonds is 1. The van der Waals surface area contributed by atoms with Crippen molar-refractivity contribution in [1.82, 2.24) is 0 Å². The van der Waals surface area contributed by atoms with Crippen LogP contribution in [0.2, 0.25) is 10.0 Å². The molecule has 1 aromatic rings. The molecule has 0 saturated carbocycles. The lowest BCUT2D eigenvalue weighted by molar-refractivity contribution is 0.672. The summed E-state index contributed by atoms with van der Waals surface area (Å²) in [6.45, 7) is 4.10. The smallest absolute Gasteiger partial charge is 0.0741 e. The number of hydrogen-bond acceptors (Lipinski definition) is 1. The Kier molecular flexibility index (Phi) is 2.61. The monoisotopic (exact) mass is 239 g/mol. The Morgan fingerprint density at radius 2 is 1.93 bits per heavy atom. The van der Waals surface area contributed by atoms with Gasteiger partial charge in [0.05, 0.1) is 5.54 Å². The fourth-order valence-corrected chi connectivity index (χ4v) is 1.96. The molecule has 1 aliphatic heterocycles. The van der Waals surface area contributed by atoms with E-state index in [-0.39, 0.29) is 5.54 Å². The molecule has 78 valence electrons. The van der Waals surface area contributed by atoms with Crippen LogP contribution in [0, 0.1) is 0 Å². The van der Waals surface area contributed by atoms with Crippen molar-refractivity contribution in [2.75, 3.05) is 0 Å². The fraction of sp³-hybridized carbons (Fsp3) is 0.250. The molecule has 0 fully saturated rings. The van der Waals surface area contributed by atoms with E-state index < -0.39 is 0 Å². The fourth-order valence-electron chi connectivity index (χ4n) is 1.56. The summed E-state index contributed by atoms with van der Waals surface area (Å²) >= 11 is 12.0. The van der Waals surface area contributed by atoms with Gasteiger partial charge in [0.1, 0.15) is 0 Å². The number of allylic oxidation sites excluding steroid dienone is 1. The molecule has 0 spiro atoms. The Morgan fingerprint density at radius 1 is 1.20 bits per heavy atom. The van der Waals surface area contributed by atoms with Gasteiger partial charge < -0.3 is 0 Å². The number of benzene rings is 1. The van der Waals surface area contributed by atoms with Gasteiger partial charge in [-0.25, -0.2) is 0 Å². The van der Waals surface area contributed by atoms with Gasteiger partial charge in [0.15, 0.2) is 0 Å². The van der Waals surface area contributed by atoms with Crippen LogP contribution in [-0.4, -0.2) is 11.8 Å². The van der Waals surface area contributed by atoms with E-state index in [1.54, 1.807) is 12.1 Å². The molecule has 0 bridgehead atoms. The summed E-state index contributed by atoms with van der Waals surface area (Å²) in [6, 6.07) is 5.45.